The first kappa shape index (κ1) is 11.1. The summed E-state index contributed by atoms with van der Waals surface area (Å²) >= 11 is 0. The predicted octanol–water partition coefficient (Wildman–Crippen LogP) is 1.98. The number of aromatic hydroxyl groups is 1. The molecule has 1 fully saturated rings. The molecular weight excluding hydrogens is 202 g/mol. The molecule has 0 bridgehead atoms. The van der Waals surface area contributed by atoms with Crippen LogP contribution in [0.2, 0.25) is 0 Å². The van der Waals surface area contributed by atoms with Crippen LogP contribution in [0.15, 0.2) is 12.1 Å². The molecule has 1 aliphatic rings. The van der Waals surface area contributed by atoms with Gasteiger partial charge in [0, 0.05) is 12.5 Å². The van der Waals surface area contributed by atoms with Gasteiger partial charge >= 0.3 is 0 Å². The lowest BCUT2D eigenvalue weighted by Gasteiger charge is -2.24. The topological polar surface area (TPSA) is 49.3 Å². The van der Waals surface area contributed by atoms with E-state index in [2.05, 4.69) is 5.32 Å². The molecular formula is C13H17NO2. The molecule has 0 radical (unpaired) electrons. The molecule has 3 nitrogen and oxygen atoms in total. The Labute approximate surface area is 95.5 Å². The predicted molar refractivity (Wildman–Crippen MR) is 63.1 cm³/mol. The molecule has 2 rings (SSSR count). The molecule has 1 heterocycles. The van der Waals surface area contributed by atoms with Crippen LogP contribution in [0.25, 0.3) is 0 Å². The molecule has 0 amide bonds. The molecule has 3 heteroatoms. The van der Waals surface area contributed by atoms with Gasteiger partial charge in [-0.3, -0.25) is 4.79 Å². The van der Waals surface area contributed by atoms with Gasteiger partial charge in [-0.25, -0.2) is 0 Å². The van der Waals surface area contributed by atoms with Gasteiger partial charge in [0.2, 0.25) is 0 Å². The van der Waals surface area contributed by atoms with Crippen LogP contribution in [0.5, 0.6) is 5.75 Å². The van der Waals surface area contributed by atoms with Crippen molar-refractivity contribution in [3.63, 3.8) is 0 Å². The second-order valence-electron chi connectivity index (χ2n) is 4.45. The van der Waals surface area contributed by atoms with Gasteiger partial charge < -0.3 is 10.4 Å². The lowest BCUT2D eigenvalue weighted by atomic mass is 9.89. The van der Waals surface area contributed by atoms with E-state index in [1.165, 1.54) is 0 Å². The maximum atomic E-state index is 10.8. The van der Waals surface area contributed by atoms with E-state index in [9.17, 15) is 9.90 Å². The Bertz CT molecular complexity index is 395. The van der Waals surface area contributed by atoms with Crippen LogP contribution in [-0.4, -0.2) is 24.5 Å². The van der Waals surface area contributed by atoms with Gasteiger partial charge in [0.05, 0.1) is 5.56 Å². The van der Waals surface area contributed by atoms with E-state index < -0.39 is 0 Å². The van der Waals surface area contributed by atoms with E-state index in [-0.39, 0.29) is 5.75 Å². The zero-order valence-electron chi connectivity index (χ0n) is 9.49. The summed E-state index contributed by atoms with van der Waals surface area (Å²) in [6.07, 6.45) is 2.92. The number of benzene rings is 1. The average Bonchev–Trinajstić information content (AvgIpc) is 2.33. The first-order valence-electron chi connectivity index (χ1n) is 5.71. The maximum absolute atomic E-state index is 10.8. The standard InChI is InChI=1S/C13H17NO2/c1-9-5-11(8-15)13(16)12(6-9)10-3-2-4-14-7-10/h5-6,8,10,14,16H,2-4,7H2,1H3. The van der Waals surface area contributed by atoms with Crippen molar-refractivity contribution in [3.05, 3.63) is 28.8 Å². The van der Waals surface area contributed by atoms with Gasteiger partial charge in [0.1, 0.15) is 5.75 Å². The third-order valence-electron chi connectivity index (χ3n) is 3.18. The van der Waals surface area contributed by atoms with E-state index in [1.54, 1.807) is 6.07 Å². The van der Waals surface area contributed by atoms with Crippen molar-refractivity contribution < 1.29 is 9.90 Å². The van der Waals surface area contributed by atoms with Crippen LogP contribution in [0, 0.1) is 6.92 Å². The summed E-state index contributed by atoms with van der Waals surface area (Å²) in [5.41, 5.74) is 2.34. The molecule has 86 valence electrons. The van der Waals surface area contributed by atoms with Crippen molar-refractivity contribution in [1.29, 1.82) is 0 Å². The van der Waals surface area contributed by atoms with E-state index in [0.717, 1.165) is 43.3 Å². The number of nitrogens with one attached hydrogen (secondary N) is 1. The van der Waals surface area contributed by atoms with E-state index >= 15 is 0 Å². The van der Waals surface area contributed by atoms with Crippen molar-refractivity contribution >= 4 is 6.29 Å². The molecule has 1 atom stereocenters. The Morgan fingerprint density at radius 2 is 2.31 bits per heavy atom. The number of carbonyl (C=O) groups is 1. The number of aldehydes is 1. The van der Waals surface area contributed by atoms with E-state index in [0.29, 0.717) is 11.5 Å². The van der Waals surface area contributed by atoms with Crippen LogP contribution in [0.3, 0.4) is 0 Å². The Kier molecular flexibility index (Phi) is 3.25. The summed E-state index contributed by atoms with van der Waals surface area (Å²) in [5, 5.41) is 13.3. The molecule has 0 saturated carbocycles. The molecule has 1 aromatic carbocycles. The van der Waals surface area contributed by atoms with E-state index in [4.69, 9.17) is 0 Å². The van der Waals surface area contributed by atoms with Crippen molar-refractivity contribution in [2.75, 3.05) is 13.1 Å². The molecule has 0 spiro atoms. The second-order valence-corrected chi connectivity index (χ2v) is 4.45. The Morgan fingerprint density at radius 3 is 2.94 bits per heavy atom. The Morgan fingerprint density at radius 1 is 1.50 bits per heavy atom. The number of phenols is 1. The fourth-order valence-electron chi connectivity index (χ4n) is 2.35. The highest BCUT2D eigenvalue weighted by atomic mass is 16.3. The molecule has 1 aliphatic heterocycles. The number of piperidine rings is 1. The monoisotopic (exact) mass is 219 g/mol. The normalized spacial score (nSPS) is 20.7. The lowest BCUT2D eigenvalue weighted by Crippen LogP contribution is -2.28. The third kappa shape index (κ3) is 2.09. The quantitative estimate of drug-likeness (QED) is 0.748. The Balaban J connectivity index is 2.38. The Hall–Kier alpha value is -1.35. The summed E-state index contributed by atoms with van der Waals surface area (Å²) in [7, 11) is 0. The first-order valence-corrected chi connectivity index (χ1v) is 5.71. The van der Waals surface area contributed by atoms with Gasteiger partial charge in [0.25, 0.3) is 0 Å². The van der Waals surface area contributed by atoms with Crippen LogP contribution in [0.4, 0.5) is 0 Å². The van der Waals surface area contributed by atoms with Crippen molar-refractivity contribution in [2.24, 2.45) is 0 Å². The second kappa shape index (κ2) is 4.66. The third-order valence-corrected chi connectivity index (χ3v) is 3.18. The molecule has 1 aromatic rings. The minimum atomic E-state index is 0.161. The average molecular weight is 219 g/mol. The van der Waals surface area contributed by atoms with Gasteiger partial charge in [-0.15, -0.1) is 0 Å². The van der Waals surface area contributed by atoms with Gasteiger partial charge in [0.15, 0.2) is 6.29 Å². The number of aryl methyl sites for hydroxylation is 1. The van der Waals surface area contributed by atoms with Crippen molar-refractivity contribution in [2.45, 2.75) is 25.7 Å². The van der Waals surface area contributed by atoms with Crippen LogP contribution >= 0.6 is 0 Å². The molecule has 0 aromatic heterocycles. The summed E-state index contributed by atoms with van der Waals surface area (Å²) in [6, 6.07) is 3.71. The number of carbonyl (C=O) groups excluding carboxylic acids is 1. The van der Waals surface area contributed by atoms with E-state index in [1.807, 2.05) is 13.0 Å². The maximum Gasteiger partial charge on any atom is 0.153 e. The van der Waals surface area contributed by atoms with Crippen LogP contribution < -0.4 is 5.32 Å². The number of hydrogen-bond acceptors (Lipinski definition) is 3. The minimum Gasteiger partial charge on any atom is -0.507 e. The highest BCUT2D eigenvalue weighted by Gasteiger charge is 2.20. The van der Waals surface area contributed by atoms with Crippen LogP contribution in [0.1, 0.15) is 40.2 Å². The highest BCUT2D eigenvalue weighted by Crippen LogP contribution is 2.33. The number of phenolic OH excluding ortho intramolecular Hbond substituents is 1. The molecule has 1 unspecified atom stereocenters. The van der Waals surface area contributed by atoms with Gasteiger partial charge in [-0.05, 0) is 43.5 Å². The summed E-state index contributed by atoms with van der Waals surface area (Å²) in [5.74, 6) is 0.488. The van der Waals surface area contributed by atoms with Gasteiger partial charge in [-0.2, -0.15) is 0 Å². The smallest absolute Gasteiger partial charge is 0.153 e. The van der Waals surface area contributed by atoms with Crippen molar-refractivity contribution in [1.82, 2.24) is 5.32 Å². The van der Waals surface area contributed by atoms with Gasteiger partial charge in [-0.1, -0.05) is 6.07 Å². The molecule has 0 aliphatic carbocycles. The number of hydrogen-bond donors (Lipinski definition) is 2. The molecule has 2 N–H and O–H groups in total. The molecule has 16 heavy (non-hydrogen) atoms. The zero-order chi connectivity index (χ0) is 11.5. The first-order chi connectivity index (χ1) is 7.72. The molecule has 1 saturated heterocycles. The summed E-state index contributed by atoms with van der Waals surface area (Å²) in [6.45, 7) is 3.88. The fraction of sp³-hybridized carbons (Fsp3) is 0.462. The van der Waals surface area contributed by atoms with Crippen LogP contribution in [-0.2, 0) is 0 Å². The number of rotatable bonds is 2. The zero-order valence-corrected chi connectivity index (χ0v) is 9.49. The SMILES string of the molecule is Cc1cc(C=O)c(O)c(C2CCCNC2)c1. The van der Waals surface area contributed by atoms with Crippen molar-refractivity contribution in [3.8, 4) is 5.75 Å². The minimum absolute atomic E-state index is 0.161. The lowest BCUT2D eigenvalue weighted by molar-refractivity contribution is 0.112. The fourth-order valence-corrected chi connectivity index (χ4v) is 2.35. The highest BCUT2D eigenvalue weighted by molar-refractivity contribution is 5.80. The largest absolute Gasteiger partial charge is 0.507 e. The summed E-state index contributed by atoms with van der Waals surface area (Å²) in [4.78, 5) is 10.8. The summed E-state index contributed by atoms with van der Waals surface area (Å²) < 4.78 is 0.